The van der Waals surface area contributed by atoms with Gasteiger partial charge in [0.25, 0.3) is 0 Å². The molecule has 11 nitrogen and oxygen atoms in total. The Morgan fingerprint density at radius 1 is 1.16 bits per heavy atom. The summed E-state index contributed by atoms with van der Waals surface area (Å²) in [4.78, 5) is 23.6. The fourth-order valence-electron chi connectivity index (χ4n) is 6.47. The maximum atomic E-state index is 12.5. The van der Waals surface area contributed by atoms with Gasteiger partial charge in [-0.25, -0.2) is 9.31 Å². The minimum atomic E-state index is -2.74. The van der Waals surface area contributed by atoms with Gasteiger partial charge in [-0.1, -0.05) is 6.08 Å². The first-order chi connectivity index (χ1) is 20.8. The number of amides is 1. The average Bonchev–Trinajstić information content (AvgIpc) is 3.46. The van der Waals surface area contributed by atoms with Crippen LogP contribution >= 0.6 is 0 Å². The van der Waals surface area contributed by atoms with Crippen LogP contribution in [-0.4, -0.2) is 128 Å². The van der Waals surface area contributed by atoms with Gasteiger partial charge in [-0.3, -0.25) is 9.89 Å². The number of likely N-dealkylation sites (tertiary alicyclic amines) is 1. The quantitative estimate of drug-likeness (QED) is 0.433. The van der Waals surface area contributed by atoms with Gasteiger partial charge < -0.3 is 28.7 Å². The Morgan fingerprint density at radius 3 is 2.56 bits per heavy atom. The number of carbonyl (C=O) groups is 1. The minimum Gasteiger partial charge on any atom is -0.441 e. The number of carbonyl (C=O) groups excluding carboxylic acids is 1. The number of rotatable bonds is 9. The highest BCUT2D eigenvalue weighted by molar-refractivity contribution is 6.10. The van der Waals surface area contributed by atoms with Gasteiger partial charge in [0, 0.05) is 82.8 Å². The average molecular weight is 603 g/mol. The van der Waals surface area contributed by atoms with E-state index in [1.165, 1.54) is 0 Å². The molecule has 6 rings (SSSR count). The molecule has 0 spiro atoms. The van der Waals surface area contributed by atoms with Gasteiger partial charge in [-0.15, -0.1) is 0 Å². The molecule has 43 heavy (non-hydrogen) atoms. The molecule has 4 aliphatic rings. The number of ether oxygens (including phenoxy) is 4. The number of piperazine rings is 1. The highest BCUT2D eigenvalue weighted by atomic mass is 19.3. The SMILES string of the molecule is COC1(C2C=CC(c3cc4c(N5CCN(C(=O)OC6COC6)CC5)ccnn4c3)=NC2)CCN([C@H](C)COC(F)F)CC1. The van der Waals surface area contributed by atoms with Crippen LogP contribution in [0.3, 0.4) is 0 Å². The van der Waals surface area contributed by atoms with Crippen molar-refractivity contribution in [2.75, 3.05) is 77.6 Å². The van der Waals surface area contributed by atoms with E-state index in [2.05, 4.69) is 37.9 Å². The second-order valence-electron chi connectivity index (χ2n) is 11.7. The van der Waals surface area contributed by atoms with Crippen LogP contribution in [-0.2, 0) is 18.9 Å². The van der Waals surface area contributed by atoms with E-state index >= 15 is 0 Å². The van der Waals surface area contributed by atoms with Crippen molar-refractivity contribution >= 4 is 23.0 Å². The van der Waals surface area contributed by atoms with Crippen LogP contribution in [0.4, 0.5) is 19.3 Å². The van der Waals surface area contributed by atoms with Crippen molar-refractivity contribution in [3.05, 3.63) is 42.2 Å². The van der Waals surface area contributed by atoms with Gasteiger partial charge in [-0.05, 0) is 38.0 Å². The smallest absolute Gasteiger partial charge is 0.410 e. The summed E-state index contributed by atoms with van der Waals surface area (Å²) in [6, 6.07) is 4.06. The summed E-state index contributed by atoms with van der Waals surface area (Å²) in [6.45, 7) is 4.86. The van der Waals surface area contributed by atoms with Crippen LogP contribution in [0.2, 0.25) is 0 Å². The fraction of sp³-hybridized carbons (Fsp3) is 0.633. The number of piperidine rings is 1. The zero-order valence-electron chi connectivity index (χ0n) is 24.7. The van der Waals surface area contributed by atoms with Crippen molar-refractivity contribution < 1.29 is 32.5 Å². The summed E-state index contributed by atoms with van der Waals surface area (Å²) in [5, 5.41) is 4.54. The van der Waals surface area contributed by atoms with Crippen LogP contribution in [0.5, 0.6) is 0 Å². The molecule has 13 heteroatoms. The molecule has 1 amide bonds. The van der Waals surface area contributed by atoms with Gasteiger partial charge in [0.1, 0.15) is 0 Å². The molecule has 6 heterocycles. The van der Waals surface area contributed by atoms with Gasteiger partial charge in [0.2, 0.25) is 0 Å². The monoisotopic (exact) mass is 602 g/mol. The summed E-state index contributed by atoms with van der Waals surface area (Å²) in [6.07, 6.45) is 9.28. The van der Waals surface area contributed by atoms with E-state index in [4.69, 9.17) is 19.2 Å². The molecule has 0 bridgehead atoms. The highest BCUT2D eigenvalue weighted by Crippen LogP contribution is 2.37. The van der Waals surface area contributed by atoms with Crippen molar-refractivity contribution in [1.29, 1.82) is 0 Å². The Hall–Kier alpha value is -3.13. The molecule has 0 radical (unpaired) electrons. The number of aliphatic imine (C=N–C) groups is 1. The van der Waals surface area contributed by atoms with Crippen LogP contribution in [0, 0.1) is 5.92 Å². The third kappa shape index (κ3) is 6.40. The number of aromatic nitrogens is 2. The Kier molecular flexibility index (Phi) is 8.94. The number of fused-ring (bicyclic) bond motifs is 1. The molecule has 1 unspecified atom stereocenters. The summed E-state index contributed by atoms with van der Waals surface area (Å²) in [7, 11) is 1.76. The lowest BCUT2D eigenvalue weighted by Gasteiger charge is -2.46. The Labute approximate surface area is 250 Å². The van der Waals surface area contributed by atoms with Crippen molar-refractivity contribution in [2.45, 2.75) is 44.1 Å². The lowest BCUT2D eigenvalue weighted by Crippen LogP contribution is -2.53. The van der Waals surface area contributed by atoms with Crippen LogP contribution in [0.15, 0.2) is 41.7 Å². The predicted molar refractivity (Wildman–Crippen MR) is 156 cm³/mol. The number of halogens is 2. The van der Waals surface area contributed by atoms with Gasteiger partial charge >= 0.3 is 12.7 Å². The van der Waals surface area contributed by atoms with E-state index in [-0.39, 0.29) is 36.4 Å². The van der Waals surface area contributed by atoms with Crippen molar-refractivity contribution in [3.8, 4) is 0 Å². The molecule has 2 atom stereocenters. The highest BCUT2D eigenvalue weighted by Gasteiger charge is 2.42. The predicted octanol–water partition coefficient (Wildman–Crippen LogP) is 3.08. The molecule has 0 N–H and O–H groups in total. The number of hydrogen-bond acceptors (Lipinski definition) is 9. The van der Waals surface area contributed by atoms with E-state index < -0.39 is 6.61 Å². The van der Waals surface area contributed by atoms with E-state index in [1.807, 2.05) is 23.7 Å². The number of dihydropyridines is 1. The lowest BCUT2D eigenvalue weighted by atomic mass is 9.77. The van der Waals surface area contributed by atoms with Gasteiger partial charge in [-0.2, -0.15) is 13.9 Å². The van der Waals surface area contributed by atoms with Crippen molar-refractivity contribution in [1.82, 2.24) is 19.4 Å². The molecule has 4 aliphatic heterocycles. The number of nitrogens with zero attached hydrogens (tertiary/aromatic N) is 6. The third-order valence-electron chi connectivity index (χ3n) is 9.29. The maximum absolute atomic E-state index is 12.5. The van der Waals surface area contributed by atoms with E-state index in [1.54, 1.807) is 18.2 Å². The topological polar surface area (TPSA) is 93.4 Å². The molecule has 234 valence electrons. The minimum absolute atomic E-state index is 0.0125. The van der Waals surface area contributed by atoms with Crippen LogP contribution in [0.1, 0.15) is 25.3 Å². The number of methoxy groups -OCH3 is 1. The molecular formula is C30H40F2N6O5. The summed E-state index contributed by atoms with van der Waals surface area (Å²) >= 11 is 0. The first-order valence-corrected chi connectivity index (χ1v) is 15.0. The summed E-state index contributed by atoms with van der Waals surface area (Å²) < 4.78 is 48.0. The van der Waals surface area contributed by atoms with Gasteiger partial charge in [0.05, 0.1) is 42.3 Å². The zero-order valence-corrected chi connectivity index (χ0v) is 24.7. The first-order valence-electron chi connectivity index (χ1n) is 15.0. The Balaban J connectivity index is 1.07. The summed E-state index contributed by atoms with van der Waals surface area (Å²) in [5.41, 5.74) is 3.61. The Morgan fingerprint density at radius 2 is 1.93 bits per heavy atom. The van der Waals surface area contributed by atoms with E-state index in [0.717, 1.165) is 48.4 Å². The first kappa shape index (κ1) is 29.9. The number of anilines is 1. The number of hydrogen-bond donors (Lipinski definition) is 0. The molecule has 3 saturated heterocycles. The van der Waals surface area contributed by atoms with Gasteiger partial charge in [0.15, 0.2) is 6.10 Å². The lowest BCUT2D eigenvalue weighted by molar-refractivity contribution is -0.146. The molecule has 2 aromatic heterocycles. The molecular weight excluding hydrogens is 562 g/mol. The maximum Gasteiger partial charge on any atom is 0.410 e. The molecule has 0 aromatic carbocycles. The normalized spacial score (nSPS) is 23.8. The van der Waals surface area contributed by atoms with Crippen LogP contribution < -0.4 is 4.90 Å². The van der Waals surface area contributed by atoms with Crippen molar-refractivity contribution in [3.63, 3.8) is 0 Å². The second-order valence-corrected chi connectivity index (χ2v) is 11.7. The fourth-order valence-corrected chi connectivity index (χ4v) is 6.47. The molecule has 0 aliphatic carbocycles. The van der Waals surface area contributed by atoms with Crippen LogP contribution in [0.25, 0.3) is 5.52 Å². The number of alkyl halides is 2. The molecule has 0 saturated carbocycles. The summed E-state index contributed by atoms with van der Waals surface area (Å²) in [5.74, 6) is 0.126. The molecule has 2 aromatic rings. The molecule has 3 fully saturated rings. The zero-order chi connectivity index (χ0) is 30.0. The second kappa shape index (κ2) is 12.8. The third-order valence-corrected chi connectivity index (χ3v) is 9.29. The largest absolute Gasteiger partial charge is 0.441 e. The Bertz CT molecular complexity index is 1330. The van der Waals surface area contributed by atoms with E-state index in [9.17, 15) is 13.6 Å². The number of allylic oxidation sites excluding steroid dienone is 1. The standard InChI is InChI=1S/C30H40F2N6O5/c1-21(18-42-28(31)32)35-9-6-30(40-2,7-10-35)23-3-4-25(33-16-23)22-15-27-26(5-8-34-38(27)17-22)36-11-13-37(14-12-36)29(39)43-24-19-41-20-24/h3-5,8,15,17,21,23-24,28H,6-7,9-14,16,18-20H2,1-2H3/t21-,23?/m1/s1. The van der Waals surface area contributed by atoms with Crippen molar-refractivity contribution in [2.24, 2.45) is 10.9 Å². The van der Waals surface area contributed by atoms with E-state index in [0.29, 0.717) is 45.9 Å².